The molecule has 118 valence electrons. The summed E-state index contributed by atoms with van der Waals surface area (Å²) in [6, 6.07) is 12.1. The standard InChI is InChI=1S/C17H17N3O3/c1-17(2,3)23-16(21)20-13-8-4-5-9-14(13)22-15-12(11-18)7-6-10-19-15/h4-10H,1-3H3,(H,20,21). The van der Waals surface area contributed by atoms with Crippen LogP contribution in [0.15, 0.2) is 42.6 Å². The first-order valence-electron chi connectivity index (χ1n) is 7.01. The number of hydrogen-bond donors (Lipinski definition) is 1. The van der Waals surface area contributed by atoms with E-state index < -0.39 is 11.7 Å². The predicted octanol–water partition coefficient (Wildman–Crippen LogP) is 4.09. The number of amides is 1. The summed E-state index contributed by atoms with van der Waals surface area (Å²) in [5.74, 6) is 0.544. The summed E-state index contributed by atoms with van der Waals surface area (Å²) in [5.41, 5.74) is 0.130. The highest BCUT2D eigenvalue weighted by Gasteiger charge is 2.18. The number of anilines is 1. The maximum Gasteiger partial charge on any atom is 0.412 e. The van der Waals surface area contributed by atoms with E-state index in [1.165, 1.54) is 6.20 Å². The van der Waals surface area contributed by atoms with E-state index in [0.29, 0.717) is 17.0 Å². The van der Waals surface area contributed by atoms with Gasteiger partial charge in [-0.15, -0.1) is 0 Å². The van der Waals surface area contributed by atoms with Gasteiger partial charge >= 0.3 is 6.09 Å². The van der Waals surface area contributed by atoms with Crippen molar-refractivity contribution in [2.45, 2.75) is 26.4 Å². The number of benzene rings is 1. The van der Waals surface area contributed by atoms with Crippen LogP contribution in [-0.2, 0) is 4.74 Å². The van der Waals surface area contributed by atoms with Crippen molar-refractivity contribution in [3.05, 3.63) is 48.2 Å². The summed E-state index contributed by atoms with van der Waals surface area (Å²) < 4.78 is 10.9. The van der Waals surface area contributed by atoms with Crippen molar-refractivity contribution in [1.29, 1.82) is 5.26 Å². The number of nitrogens with zero attached hydrogens (tertiary/aromatic N) is 2. The Hall–Kier alpha value is -3.07. The normalized spacial score (nSPS) is 10.5. The summed E-state index contributed by atoms with van der Waals surface area (Å²) in [4.78, 5) is 15.9. The molecule has 0 atom stereocenters. The molecule has 0 fully saturated rings. The highest BCUT2D eigenvalue weighted by Crippen LogP contribution is 2.30. The summed E-state index contributed by atoms with van der Waals surface area (Å²) in [5, 5.41) is 11.7. The van der Waals surface area contributed by atoms with E-state index in [0.717, 1.165) is 0 Å². The number of nitriles is 1. The molecule has 6 heteroatoms. The molecule has 0 spiro atoms. The molecule has 1 aromatic heterocycles. The molecule has 0 saturated carbocycles. The number of para-hydroxylation sites is 2. The third-order valence-electron chi connectivity index (χ3n) is 2.62. The first kappa shape index (κ1) is 16.3. The molecule has 0 radical (unpaired) electrons. The van der Waals surface area contributed by atoms with Crippen LogP contribution in [0.1, 0.15) is 26.3 Å². The van der Waals surface area contributed by atoms with Crippen LogP contribution in [0.3, 0.4) is 0 Å². The fourth-order valence-corrected chi connectivity index (χ4v) is 1.73. The smallest absolute Gasteiger partial charge is 0.412 e. The molecule has 0 aliphatic heterocycles. The van der Waals surface area contributed by atoms with E-state index in [1.807, 2.05) is 6.07 Å². The van der Waals surface area contributed by atoms with Gasteiger partial charge in [0.05, 0.1) is 5.69 Å². The predicted molar refractivity (Wildman–Crippen MR) is 85.3 cm³/mol. The molecule has 0 aliphatic rings. The van der Waals surface area contributed by atoms with E-state index in [4.69, 9.17) is 14.7 Å². The Labute approximate surface area is 134 Å². The average Bonchev–Trinajstić information content (AvgIpc) is 2.48. The van der Waals surface area contributed by atoms with Crippen LogP contribution in [0.25, 0.3) is 0 Å². The largest absolute Gasteiger partial charge is 0.444 e. The topological polar surface area (TPSA) is 84.2 Å². The van der Waals surface area contributed by atoms with Crippen LogP contribution in [0.2, 0.25) is 0 Å². The number of ether oxygens (including phenoxy) is 2. The van der Waals surface area contributed by atoms with Gasteiger partial charge in [-0.25, -0.2) is 9.78 Å². The Kier molecular flexibility index (Phi) is 4.82. The van der Waals surface area contributed by atoms with Gasteiger partial charge in [0.15, 0.2) is 5.75 Å². The molecule has 23 heavy (non-hydrogen) atoms. The molecular formula is C17H17N3O3. The van der Waals surface area contributed by atoms with Gasteiger partial charge < -0.3 is 9.47 Å². The van der Waals surface area contributed by atoms with Gasteiger partial charge in [0.1, 0.15) is 17.2 Å². The molecule has 2 rings (SSSR count). The summed E-state index contributed by atoms with van der Waals surface area (Å²) in [6.07, 6.45) is 0.940. The zero-order chi connectivity index (χ0) is 16.9. The van der Waals surface area contributed by atoms with Crippen molar-refractivity contribution in [2.75, 3.05) is 5.32 Å². The molecule has 6 nitrogen and oxygen atoms in total. The molecular weight excluding hydrogens is 294 g/mol. The number of carbonyl (C=O) groups excluding carboxylic acids is 1. The number of carbonyl (C=O) groups is 1. The SMILES string of the molecule is CC(C)(C)OC(=O)Nc1ccccc1Oc1ncccc1C#N. The van der Waals surface area contributed by atoms with Crippen molar-refractivity contribution < 1.29 is 14.3 Å². The van der Waals surface area contributed by atoms with Gasteiger partial charge in [0, 0.05) is 6.20 Å². The highest BCUT2D eigenvalue weighted by atomic mass is 16.6. The molecule has 0 bridgehead atoms. The van der Waals surface area contributed by atoms with Crippen LogP contribution in [-0.4, -0.2) is 16.7 Å². The summed E-state index contributed by atoms with van der Waals surface area (Å²) in [7, 11) is 0. The van der Waals surface area contributed by atoms with Gasteiger partial charge in [-0.3, -0.25) is 5.32 Å². The van der Waals surface area contributed by atoms with Crippen LogP contribution in [0.4, 0.5) is 10.5 Å². The average molecular weight is 311 g/mol. The first-order valence-corrected chi connectivity index (χ1v) is 7.01. The Morgan fingerprint density at radius 2 is 1.96 bits per heavy atom. The quantitative estimate of drug-likeness (QED) is 0.922. The maximum atomic E-state index is 11.9. The molecule has 1 heterocycles. The van der Waals surface area contributed by atoms with Crippen LogP contribution < -0.4 is 10.1 Å². The van der Waals surface area contributed by atoms with Crippen molar-refractivity contribution >= 4 is 11.8 Å². The minimum Gasteiger partial charge on any atom is -0.444 e. The van der Waals surface area contributed by atoms with Crippen molar-refractivity contribution in [1.82, 2.24) is 4.98 Å². The fourth-order valence-electron chi connectivity index (χ4n) is 1.73. The molecule has 1 aromatic carbocycles. The number of hydrogen-bond acceptors (Lipinski definition) is 5. The van der Waals surface area contributed by atoms with Crippen LogP contribution in [0.5, 0.6) is 11.6 Å². The summed E-state index contributed by atoms with van der Waals surface area (Å²) >= 11 is 0. The molecule has 0 unspecified atom stereocenters. The van der Waals surface area contributed by atoms with Crippen molar-refractivity contribution in [3.63, 3.8) is 0 Å². The Morgan fingerprint density at radius 3 is 2.65 bits per heavy atom. The molecule has 0 aliphatic carbocycles. The van der Waals surface area contributed by atoms with E-state index in [-0.39, 0.29) is 5.88 Å². The zero-order valence-electron chi connectivity index (χ0n) is 13.2. The summed E-state index contributed by atoms with van der Waals surface area (Å²) in [6.45, 7) is 5.34. The minimum atomic E-state index is -0.602. The Bertz CT molecular complexity index is 745. The lowest BCUT2D eigenvalue weighted by Crippen LogP contribution is -2.27. The number of pyridine rings is 1. The van der Waals surface area contributed by atoms with Gasteiger partial charge in [0.25, 0.3) is 0 Å². The second kappa shape index (κ2) is 6.79. The van der Waals surface area contributed by atoms with Gasteiger partial charge in [-0.05, 0) is 45.0 Å². The Morgan fingerprint density at radius 1 is 1.22 bits per heavy atom. The molecule has 1 amide bonds. The maximum absolute atomic E-state index is 11.9. The lowest BCUT2D eigenvalue weighted by atomic mass is 10.2. The third kappa shape index (κ3) is 4.71. The third-order valence-corrected chi connectivity index (χ3v) is 2.62. The molecule has 0 saturated heterocycles. The fraction of sp³-hybridized carbons (Fsp3) is 0.235. The monoisotopic (exact) mass is 311 g/mol. The second-order valence-electron chi connectivity index (χ2n) is 5.69. The van der Waals surface area contributed by atoms with Crippen molar-refractivity contribution in [3.8, 4) is 17.7 Å². The van der Waals surface area contributed by atoms with Gasteiger partial charge in [-0.1, -0.05) is 12.1 Å². The number of rotatable bonds is 3. The lowest BCUT2D eigenvalue weighted by molar-refractivity contribution is 0.0635. The van der Waals surface area contributed by atoms with E-state index in [9.17, 15) is 4.79 Å². The number of aromatic nitrogens is 1. The van der Waals surface area contributed by atoms with E-state index in [1.54, 1.807) is 57.2 Å². The minimum absolute atomic E-state index is 0.174. The van der Waals surface area contributed by atoms with Crippen LogP contribution >= 0.6 is 0 Å². The second-order valence-corrected chi connectivity index (χ2v) is 5.69. The van der Waals surface area contributed by atoms with Crippen LogP contribution in [0, 0.1) is 11.3 Å². The highest BCUT2D eigenvalue weighted by molar-refractivity contribution is 5.87. The molecule has 2 aromatic rings. The number of nitrogens with one attached hydrogen (secondary N) is 1. The van der Waals surface area contributed by atoms with Gasteiger partial charge in [-0.2, -0.15) is 5.26 Å². The molecule has 1 N–H and O–H groups in total. The Balaban J connectivity index is 2.21. The van der Waals surface area contributed by atoms with Gasteiger partial charge in [0.2, 0.25) is 5.88 Å². The first-order chi connectivity index (χ1) is 10.9. The lowest BCUT2D eigenvalue weighted by Gasteiger charge is -2.20. The zero-order valence-corrected chi connectivity index (χ0v) is 13.2. The van der Waals surface area contributed by atoms with Crippen molar-refractivity contribution in [2.24, 2.45) is 0 Å². The van der Waals surface area contributed by atoms with E-state index in [2.05, 4.69) is 10.3 Å². The van der Waals surface area contributed by atoms with E-state index >= 15 is 0 Å².